The molecule has 2 unspecified atom stereocenters. The van der Waals surface area contributed by atoms with Crippen molar-refractivity contribution in [3.63, 3.8) is 0 Å². The lowest BCUT2D eigenvalue weighted by Crippen LogP contribution is -2.37. The Morgan fingerprint density at radius 2 is 2.36 bits per heavy atom. The predicted octanol–water partition coefficient (Wildman–Crippen LogP) is 1.63. The summed E-state index contributed by atoms with van der Waals surface area (Å²) in [5, 5.41) is 9.66. The molecule has 1 saturated heterocycles. The van der Waals surface area contributed by atoms with Crippen molar-refractivity contribution in [2.45, 2.75) is 37.7 Å². The van der Waals surface area contributed by atoms with E-state index in [4.69, 9.17) is 4.74 Å². The number of hydrogen-bond acceptors (Lipinski definition) is 3. The Bertz CT molecular complexity index is 121. The van der Waals surface area contributed by atoms with E-state index in [1.165, 1.54) is 0 Å². The molecule has 1 N–H and O–H groups in total. The molecule has 1 aliphatic rings. The smallest absolute Gasteiger partial charge is 0.139 e. The third kappa shape index (κ3) is 1.71. The van der Waals surface area contributed by atoms with Crippen LogP contribution in [0.15, 0.2) is 0 Å². The largest absolute Gasteiger partial charge is 0.389 e. The fourth-order valence-electron chi connectivity index (χ4n) is 1.41. The molecule has 0 radical (unpaired) electrons. The van der Waals surface area contributed by atoms with Gasteiger partial charge in [-0.25, -0.2) is 0 Å². The van der Waals surface area contributed by atoms with Crippen molar-refractivity contribution in [1.82, 2.24) is 0 Å². The van der Waals surface area contributed by atoms with E-state index < -0.39 is 0 Å². The molecule has 1 heterocycles. The summed E-state index contributed by atoms with van der Waals surface area (Å²) in [6.07, 6.45) is 1.37. The van der Waals surface area contributed by atoms with Gasteiger partial charge >= 0.3 is 0 Å². The van der Waals surface area contributed by atoms with Gasteiger partial charge in [-0.2, -0.15) is 0 Å². The van der Waals surface area contributed by atoms with Crippen LogP contribution in [0.3, 0.4) is 0 Å². The summed E-state index contributed by atoms with van der Waals surface area (Å²) in [6, 6.07) is 0. The predicted molar refractivity (Wildman–Crippen MR) is 47.7 cm³/mol. The van der Waals surface area contributed by atoms with Crippen LogP contribution in [0.2, 0.25) is 0 Å². The van der Waals surface area contributed by atoms with Crippen LogP contribution in [0.5, 0.6) is 0 Å². The maximum absolute atomic E-state index is 9.66. The van der Waals surface area contributed by atoms with Crippen molar-refractivity contribution in [3.05, 3.63) is 0 Å². The molecule has 0 aromatic carbocycles. The Kier molecular flexibility index (Phi) is 3.22. The monoisotopic (exact) mass is 176 g/mol. The molecule has 1 rings (SSSR count). The minimum Gasteiger partial charge on any atom is -0.389 e. The maximum Gasteiger partial charge on any atom is 0.139 e. The minimum atomic E-state index is -0.306. The molecule has 1 fully saturated rings. The topological polar surface area (TPSA) is 29.5 Å². The molecule has 0 aliphatic carbocycles. The molecule has 3 heteroatoms. The van der Waals surface area contributed by atoms with Crippen LogP contribution in [-0.4, -0.2) is 28.5 Å². The van der Waals surface area contributed by atoms with Crippen LogP contribution in [0, 0.1) is 0 Å². The molecule has 66 valence electrons. The first-order valence-corrected chi connectivity index (χ1v) is 5.19. The van der Waals surface area contributed by atoms with E-state index in [0.717, 1.165) is 25.2 Å². The first-order valence-electron chi connectivity index (χ1n) is 4.21. The first kappa shape index (κ1) is 9.36. The molecular formula is C8H16O2S. The van der Waals surface area contributed by atoms with Crippen LogP contribution >= 0.6 is 11.8 Å². The van der Waals surface area contributed by atoms with Crippen LogP contribution in [0.25, 0.3) is 0 Å². The van der Waals surface area contributed by atoms with Crippen molar-refractivity contribution in [2.75, 3.05) is 12.4 Å². The molecule has 0 saturated carbocycles. The average Bonchev–Trinajstić information content (AvgIpc) is 2.52. The van der Waals surface area contributed by atoms with Gasteiger partial charge in [0.15, 0.2) is 0 Å². The van der Waals surface area contributed by atoms with E-state index in [1.807, 2.05) is 6.92 Å². The third-order valence-electron chi connectivity index (χ3n) is 2.16. The number of hydrogen-bond donors (Lipinski definition) is 1. The summed E-state index contributed by atoms with van der Waals surface area (Å²) in [5.41, 5.74) is 0. The molecule has 0 aromatic heterocycles. The van der Waals surface area contributed by atoms with Crippen molar-refractivity contribution >= 4 is 11.8 Å². The highest BCUT2D eigenvalue weighted by molar-refractivity contribution is 8.00. The molecule has 11 heavy (non-hydrogen) atoms. The van der Waals surface area contributed by atoms with Crippen LogP contribution in [0.1, 0.15) is 26.7 Å². The van der Waals surface area contributed by atoms with Gasteiger partial charge < -0.3 is 9.84 Å². The van der Waals surface area contributed by atoms with E-state index in [0.29, 0.717) is 0 Å². The number of aliphatic hydroxyl groups excluding tert-OH is 1. The Balaban J connectivity index is 2.58. The van der Waals surface area contributed by atoms with Crippen LogP contribution in [-0.2, 0) is 4.74 Å². The molecule has 2 nitrogen and oxygen atoms in total. The first-order chi connectivity index (χ1) is 5.25. The highest BCUT2D eigenvalue weighted by Crippen LogP contribution is 2.39. The summed E-state index contributed by atoms with van der Waals surface area (Å²) in [4.78, 5) is -0.283. The fraction of sp³-hybridized carbons (Fsp3) is 1.00. The van der Waals surface area contributed by atoms with E-state index in [9.17, 15) is 5.11 Å². The van der Waals surface area contributed by atoms with Crippen molar-refractivity contribution in [2.24, 2.45) is 0 Å². The third-order valence-corrected chi connectivity index (χ3v) is 3.70. The van der Waals surface area contributed by atoms with Gasteiger partial charge in [-0.3, -0.25) is 0 Å². The molecule has 1 aliphatic heterocycles. The lowest BCUT2D eigenvalue weighted by Gasteiger charge is -2.30. The lowest BCUT2D eigenvalue weighted by atomic mass is 10.1. The minimum absolute atomic E-state index is 0.283. The number of ether oxygens (including phenoxy) is 1. The summed E-state index contributed by atoms with van der Waals surface area (Å²) >= 11 is 1.75. The van der Waals surface area contributed by atoms with E-state index >= 15 is 0 Å². The second kappa shape index (κ2) is 3.78. The summed E-state index contributed by atoms with van der Waals surface area (Å²) in [6.45, 7) is 4.84. The number of aliphatic hydroxyl groups is 1. The van der Waals surface area contributed by atoms with E-state index in [2.05, 4.69) is 6.92 Å². The van der Waals surface area contributed by atoms with Gasteiger partial charge in [-0.15, -0.1) is 11.8 Å². The highest BCUT2D eigenvalue weighted by Gasteiger charge is 2.40. The van der Waals surface area contributed by atoms with Gasteiger partial charge in [0.05, 0.1) is 12.7 Å². The standard InChI is InChI=1S/C8H16O2S/c1-3-7(9)8(4-2)10-5-6-11-8/h7,9H,3-6H2,1-2H3. The van der Waals surface area contributed by atoms with Crippen molar-refractivity contribution < 1.29 is 9.84 Å². The van der Waals surface area contributed by atoms with Gasteiger partial charge in [0.2, 0.25) is 0 Å². The average molecular weight is 176 g/mol. The van der Waals surface area contributed by atoms with Gasteiger partial charge in [-0.05, 0) is 12.8 Å². The van der Waals surface area contributed by atoms with Gasteiger partial charge in [-0.1, -0.05) is 13.8 Å². The Morgan fingerprint density at radius 1 is 1.64 bits per heavy atom. The summed E-state index contributed by atoms with van der Waals surface area (Å²) < 4.78 is 5.56. The van der Waals surface area contributed by atoms with Gasteiger partial charge in [0.1, 0.15) is 4.93 Å². The zero-order valence-electron chi connectivity index (χ0n) is 7.17. The lowest BCUT2D eigenvalue weighted by molar-refractivity contribution is -0.0490. The Hall–Kier alpha value is 0.270. The van der Waals surface area contributed by atoms with Crippen LogP contribution < -0.4 is 0 Å². The van der Waals surface area contributed by atoms with Crippen molar-refractivity contribution in [3.8, 4) is 0 Å². The maximum atomic E-state index is 9.66. The van der Waals surface area contributed by atoms with E-state index in [-0.39, 0.29) is 11.0 Å². The Labute approximate surface area is 72.3 Å². The Morgan fingerprint density at radius 3 is 2.73 bits per heavy atom. The normalized spacial score (nSPS) is 34.1. The molecule has 0 aromatic rings. The SMILES string of the molecule is CCC(O)C1(CC)OCCS1. The zero-order chi connectivity index (χ0) is 8.32. The summed E-state index contributed by atoms with van der Waals surface area (Å²) in [7, 11) is 0. The molecule has 0 amide bonds. The second-order valence-electron chi connectivity index (χ2n) is 2.79. The van der Waals surface area contributed by atoms with Crippen LogP contribution in [0.4, 0.5) is 0 Å². The zero-order valence-corrected chi connectivity index (χ0v) is 7.99. The fourth-order valence-corrected chi connectivity index (χ4v) is 2.66. The quantitative estimate of drug-likeness (QED) is 0.708. The molecule has 2 atom stereocenters. The van der Waals surface area contributed by atoms with Gasteiger partial charge in [0, 0.05) is 5.75 Å². The molecule has 0 bridgehead atoms. The number of rotatable bonds is 3. The second-order valence-corrected chi connectivity index (χ2v) is 4.17. The summed E-state index contributed by atoms with van der Waals surface area (Å²) in [5.74, 6) is 1.02. The van der Waals surface area contributed by atoms with Gasteiger partial charge in [0.25, 0.3) is 0 Å². The number of thioether (sulfide) groups is 1. The molecule has 0 spiro atoms. The van der Waals surface area contributed by atoms with Crippen molar-refractivity contribution in [1.29, 1.82) is 0 Å². The highest BCUT2D eigenvalue weighted by atomic mass is 32.2. The molecular weight excluding hydrogens is 160 g/mol. The van der Waals surface area contributed by atoms with E-state index in [1.54, 1.807) is 11.8 Å².